The Bertz CT molecular complexity index is 1270. The monoisotopic (exact) mass is 445 g/mol. The van der Waals surface area contributed by atoms with Gasteiger partial charge in [-0.25, -0.2) is 13.8 Å². The van der Waals surface area contributed by atoms with Gasteiger partial charge in [0, 0.05) is 16.9 Å². The summed E-state index contributed by atoms with van der Waals surface area (Å²) in [5.74, 6) is -0.318. The highest BCUT2D eigenvalue weighted by molar-refractivity contribution is 7.98. The number of nitriles is 1. The van der Waals surface area contributed by atoms with Crippen LogP contribution < -0.4 is 0 Å². The van der Waals surface area contributed by atoms with Crippen molar-refractivity contribution in [3.63, 3.8) is 0 Å². The molecule has 0 aliphatic heterocycles. The van der Waals surface area contributed by atoms with E-state index in [0.717, 1.165) is 27.7 Å². The van der Waals surface area contributed by atoms with Crippen molar-refractivity contribution in [1.29, 1.82) is 5.26 Å². The van der Waals surface area contributed by atoms with Gasteiger partial charge in [-0.3, -0.25) is 4.57 Å². The number of hydrogen-bond donors (Lipinski definition) is 0. The SMILES string of the molecule is CC(C)(c1ccccc1)c1cnc(SCc2ccc(F)c(C#N)c2)n1-c1ccc(F)cc1. The highest BCUT2D eigenvalue weighted by Crippen LogP contribution is 2.36. The Morgan fingerprint density at radius 3 is 2.41 bits per heavy atom. The molecule has 0 N–H and O–H groups in total. The molecule has 0 amide bonds. The zero-order valence-corrected chi connectivity index (χ0v) is 18.5. The maximum atomic E-state index is 13.7. The van der Waals surface area contributed by atoms with Gasteiger partial charge < -0.3 is 0 Å². The first-order valence-corrected chi connectivity index (χ1v) is 11.1. The van der Waals surface area contributed by atoms with Crippen molar-refractivity contribution in [1.82, 2.24) is 9.55 Å². The molecule has 3 aromatic carbocycles. The summed E-state index contributed by atoms with van der Waals surface area (Å²) in [5, 5.41) is 9.84. The first-order valence-electron chi connectivity index (χ1n) is 10.1. The van der Waals surface area contributed by atoms with Crippen LogP contribution in [0.15, 0.2) is 84.1 Å². The molecule has 0 saturated carbocycles. The molecule has 0 unspecified atom stereocenters. The van der Waals surface area contributed by atoms with Crippen LogP contribution in [-0.2, 0) is 11.2 Å². The summed E-state index contributed by atoms with van der Waals surface area (Å²) in [6.45, 7) is 4.26. The number of hydrogen-bond acceptors (Lipinski definition) is 3. The van der Waals surface area contributed by atoms with Crippen LogP contribution >= 0.6 is 11.8 Å². The normalized spacial score (nSPS) is 11.3. The van der Waals surface area contributed by atoms with Gasteiger partial charge in [0.15, 0.2) is 5.16 Å². The van der Waals surface area contributed by atoms with E-state index in [-0.39, 0.29) is 16.8 Å². The molecule has 0 radical (unpaired) electrons. The molecule has 3 nitrogen and oxygen atoms in total. The fourth-order valence-corrected chi connectivity index (χ4v) is 4.55. The molecule has 1 aromatic heterocycles. The summed E-state index contributed by atoms with van der Waals surface area (Å²) in [7, 11) is 0. The Kier molecular flexibility index (Phi) is 6.11. The van der Waals surface area contributed by atoms with Gasteiger partial charge in [0.25, 0.3) is 0 Å². The maximum Gasteiger partial charge on any atom is 0.173 e. The molecule has 32 heavy (non-hydrogen) atoms. The largest absolute Gasteiger partial charge is 0.291 e. The minimum atomic E-state index is -0.527. The minimum Gasteiger partial charge on any atom is -0.291 e. The molecule has 0 spiro atoms. The fourth-order valence-electron chi connectivity index (χ4n) is 3.62. The van der Waals surface area contributed by atoms with Crippen LogP contribution in [0.2, 0.25) is 0 Å². The average molecular weight is 446 g/mol. The first-order chi connectivity index (χ1) is 15.4. The van der Waals surface area contributed by atoms with Crippen LogP contribution in [0.4, 0.5) is 8.78 Å². The summed E-state index contributed by atoms with van der Waals surface area (Å²) < 4.78 is 29.3. The van der Waals surface area contributed by atoms with E-state index in [4.69, 9.17) is 5.26 Å². The van der Waals surface area contributed by atoms with Crippen molar-refractivity contribution < 1.29 is 8.78 Å². The van der Waals surface area contributed by atoms with E-state index in [1.165, 1.54) is 30.0 Å². The second-order valence-corrected chi connectivity index (χ2v) is 8.89. The van der Waals surface area contributed by atoms with Gasteiger partial charge in [0.1, 0.15) is 17.7 Å². The average Bonchev–Trinajstić information content (AvgIpc) is 3.24. The van der Waals surface area contributed by atoms with Crippen molar-refractivity contribution in [2.75, 3.05) is 0 Å². The van der Waals surface area contributed by atoms with Crippen molar-refractivity contribution in [2.24, 2.45) is 0 Å². The second kappa shape index (κ2) is 8.97. The minimum absolute atomic E-state index is 0.0240. The molecule has 4 rings (SSSR count). The Hall–Kier alpha value is -3.43. The van der Waals surface area contributed by atoms with Crippen LogP contribution in [-0.4, -0.2) is 9.55 Å². The number of rotatable bonds is 6. The van der Waals surface area contributed by atoms with Crippen molar-refractivity contribution >= 4 is 11.8 Å². The zero-order valence-electron chi connectivity index (χ0n) is 17.7. The van der Waals surface area contributed by atoms with E-state index in [1.54, 1.807) is 24.3 Å². The van der Waals surface area contributed by atoms with E-state index in [0.29, 0.717) is 5.75 Å². The van der Waals surface area contributed by atoms with E-state index in [2.05, 4.69) is 31.0 Å². The number of imidazole rings is 1. The Morgan fingerprint density at radius 2 is 1.72 bits per heavy atom. The molecule has 0 atom stereocenters. The molecule has 0 fully saturated rings. The topological polar surface area (TPSA) is 41.6 Å². The predicted molar refractivity (Wildman–Crippen MR) is 123 cm³/mol. The molecular formula is C26H21F2N3S. The quantitative estimate of drug-likeness (QED) is 0.312. The highest BCUT2D eigenvalue weighted by atomic mass is 32.2. The lowest BCUT2D eigenvalue weighted by Gasteiger charge is -2.27. The molecular weight excluding hydrogens is 424 g/mol. The van der Waals surface area contributed by atoms with Gasteiger partial charge in [0.05, 0.1) is 17.5 Å². The molecule has 0 aliphatic rings. The zero-order chi connectivity index (χ0) is 22.7. The number of halogens is 2. The summed E-state index contributed by atoms with van der Waals surface area (Å²) in [4.78, 5) is 4.68. The summed E-state index contributed by atoms with van der Waals surface area (Å²) in [5.41, 5.74) is 3.40. The van der Waals surface area contributed by atoms with E-state index < -0.39 is 5.82 Å². The molecule has 0 saturated heterocycles. The Balaban J connectivity index is 1.75. The van der Waals surface area contributed by atoms with Crippen molar-refractivity contribution in [3.05, 3.63) is 113 Å². The van der Waals surface area contributed by atoms with Crippen molar-refractivity contribution in [2.45, 2.75) is 30.2 Å². The predicted octanol–water partition coefficient (Wildman–Crippen LogP) is 6.64. The van der Waals surface area contributed by atoms with Crippen LogP contribution in [0, 0.1) is 23.0 Å². The lowest BCUT2D eigenvalue weighted by molar-refractivity contribution is 0.591. The van der Waals surface area contributed by atoms with Gasteiger partial charge in [0.2, 0.25) is 0 Å². The highest BCUT2D eigenvalue weighted by Gasteiger charge is 2.29. The fraction of sp³-hybridized carbons (Fsp3) is 0.154. The number of benzene rings is 3. The van der Waals surface area contributed by atoms with Crippen LogP contribution in [0.25, 0.3) is 5.69 Å². The Labute approximate surface area is 190 Å². The molecule has 160 valence electrons. The summed E-state index contributed by atoms with van der Waals surface area (Å²) in [6, 6.07) is 22.9. The van der Waals surface area contributed by atoms with E-state index in [9.17, 15) is 8.78 Å². The van der Waals surface area contributed by atoms with Crippen LogP contribution in [0.5, 0.6) is 0 Å². The first kappa shape index (κ1) is 21.8. The third kappa shape index (κ3) is 4.30. The van der Waals surface area contributed by atoms with E-state index >= 15 is 0 Å². The van der Waals surface area contributed by atoms with E-state index in [1.807, 2.05) is 35.0 Å². The number of thioether (sulfide) groups is 1. The molecule has 4 aromatic rings. The van der Waals surface area contributed by atoms with Gasteiger partial charge in [-0.15, -0.1) is 0 Å². The Morgan fingerprint density at radius 1 is 1.00 bits per heavy atom. The number of nitrogens with zero attached hydrogens (tertiary/aromatic N) is 3. The van der Waals surface area contributed by atoms with Gasteiger partial charge in [-0.2, -0.15) is 5.26 Å². The summed E-state index contributed by atoms with van der Waals surface area (Å²) in [6.07, 6.45) is 1.85. The summed E-state index contributed by atoms with van der Waals surface area (Å²) >= 11 is 1.48. The van der Waals surface area contributed by atoms with Gasteiger partial charge in [-0.1, -0.05) is 62.0 Å². The third-order valence-corrected chi connectivity index (χ3v) is 6.49. The molecule has 0 bridgehead atoms. The van der Waals surface area contributed by atoms with Crippen LogP contribution in [0.1, 0.15) is 36.2 Å². The molecule has 1 heterocycles. The van der Waals surface area contributed by atoms with Gasteiger partial charge in [-0.05, 0) is 47.5 Å². The lowest BCUT2D eigenvalue weighted by Crippen LogP contribution is -2.23. The number of aromatic nitrogens is 2. The smallest absolute Gasteiger partial charge is 0.173 e. The standard InChI is InChI=1S/C26H21F2N3S/c1-26(2,20-6-4-3-5-7-20)24-16-30-25(31(24)22-11-9-21(27)10-12-22)32-17-18-8-13-23(28)19(14-18)15-29/h3-14,16H,17H2,1-2H3. The second-order valence-electron chi connectivity index (χ2n) is 7.94. The lowest BCUT2D eigenvalue weighted by atomic mass is 9.81. The maximum absolute atomic E-state index is 13.7. The van der Waals surface area contributed by atoms with Crippen LogP contribution in [0.3, 0.4) is 0 Å². The van der Waals surface area contributed by atoms with Crippen molar-refractivity contribution in [3.8, 4) is 11.8 Å². The third-order valence-electron chi connectivity index (χ3n) is 5.47. The van der Waals surface area contributed by atoms with Gasteiger partial charge >= 0.3 is 0 Å². The molecule has 6 heteroatoms. The molecule has 0 aliphatic carbocycles.